The third kappa shape index (κ3) is 2.66. The largest absolute Gasteiger partial charge is 0.271 e. The van der Waals surface area contributed by atoms with E-state index in [4.69, 9.17) is 5.84 Å². The highest BCUT2D eigenvalue weighted by Gasteiger charge is 2.53. The molecule has 0 saturated heterocycles. The van der Waals surface area contributed by atoms with Crippen LogP contribution in [-0.4, -0.2) is 6.04 Å². The van der Waals surface area contributed by atoms with Crippen molar-refractivity contribution in [1.29, 1.82) is 0 Å². The molecule has 3 heteroatoms. The van der Waals surface area contributed by atoms with Gasteiger partial charge in [0.1, 0.15) is 0 Å². The van der Waals surface area contributed by atoms with E-state index in [9.17, 15) is 0 Å². The molecule has 0 heterocycles. The fraction of sp³-hybridized carbons (Fsp3) is 0.667. The van der Waals surface area contributed by atoms with Crippen molar-refractivity contribution in [2.45, 2.75) is 51.0 Å². The molecule has 0 amide bonds. The molecule has 4 aliphatic rings. The molecular formula is C18H25IN2. The first-order valence-corrected chi connectivity index (χ1v) is 9.45. The molecule has 4 aliphatic carbocycles. The van der Waals surface area contributed by atoms with Gasteiger partial charge in [0.15, 0.2) is 0 Å². The predicted octanol–water partition coefficient (Wildman–Crippen LogP) is 3.88. The first-order chi connectivity index (χ1) is 10.2. The van der Waals surface area contributed by atoms with Crippen LogP contribution < -0.4 is 11.3 Å². The average molecular weight is 396 g/mol. The van der Waals surface area contributed by atoms with Gasteiger partial charge in [-0.05, 0) is 108 Å². The molecule has 0 radical (unpaired) electrons. The van der Waals surface area contributed by atoms with E-state index < -0.39 is 0 Å². The molecule has 1 atom stereocenters. The van der Waals surface area contributed by atoms with Gasteiger partial charge in [-0.1, -0.05) is 12.1 Å². The second-order valence-corrected chi connectivity index (χ2v) is 9.08. The Morgan fingerprint density at radius 2 is 1.57 bits per heavy atom. The maximum Gasteiger partial charge on any atom is 0.0307 e. The first kappa shape index (κ1) is 14.5. The Morgan fingerprint density at radius 3 is 2.05 bits per heavy atom. The van der Waals surface area contributed by atoms with E-state index >= 15 is 0 Å². The number of rotatable bonds is 4. The van der Waals surface area contributed by atoms with Crippen molar-refractivity contribution in [2.75, 3.05) is 0 Å². The van der Waals surface area contributed by atoms with Crippen molar-refractivity contribution in [3.05, 3.63) is 33.4 Å². The summed E-state index contributed by atoms with van der Waals surface area (Å²) in [5.41, 5.74) is 5.12. The second-order valence-electron chi connectivity index (χ2n) is 7.83. The van der Waals surface area contributed by atoms with Crippen molar-refractivity contribution < 1.29 is 0 Å². The van der Waals surface area contributed by atoms with Gasteiger partial charge in [0.05, 0.1) is 0 Å². The summed E-state index contributed by atoms with van der Waals surface area (Å²) in [6.45, 7) is 0. The summed E-state index contributed by atoms with van der Waals surface area (Å²) >= 11 is 2.37. The molecule has 0 aromatic heterocycles. The van der Waals surface area contributed by atoms with E-state index in [0.717, 1.165) is 24.2 Å². The minimum Gasteiger partial charge on any atom is -0.271 e. The highest BCUT2D eigenvalue weighted by molar-refractivity contribution is 14.1. The highest BCUT2D eigenvalue weighted by Crippen LogP contribution is 2.61. The highest BCUT2D eigenvalue weighted by atomic mass is 127. The zero-order chi connectivity index (χ0) is 14.4. The number of halogens is 1. The molecule has 1 aromatic rings. The topological polar surface area (TPSA) is 38.0 Å². The molecule has 1 aromatic carbocycles. The Morgan fingerprint density at radius 1 is 1.05 bits per heavy atom. The number of hydrogen-bond acceptors (Lipinski definition) is 2. The molecule has 1 unspecified atom stereocenters. The quantitative estimate of drug-likeness (QED) is 0.461. The molecule has 4 saturated carbocycles. The first-order valence-electron chi connectivity index (χ1n) is 8.37. The minimum atomic E-state index is 0.450. The van der Waals surface area contributed by atoms with Gasteiger partial charge in [-0.2, -0.15) is 0 Å². The lowest BCUT2D eigenvalue weighted by molar-refractivity contribution is -0.0737. The number of nitrogens with one attached hydrogen (secondary N) is 1. The maximum atomic E-state index is 6.02. The van der Waals surface area contributed by atoms with Gasteiger partial charge in [0.2, 0.25) is 0 Å². The van der Waals surface area contributed by atoms with Crippen LogP contribution in [0.3, 0.4) is 0 Å². The molecule has 21 heavy (non-hydrogen) atoms. The van der Waals surface area contributed by atoms with Gasteiger partial charge >= 0.3 is 0 Å². The van der Waals surface area contributed by atoms with Crippen molar-refractivity contribution >= 4 is 22.6 Å². The van der Waals surface area contributed by atoms with E-state index in [0.29, 0.717) is 11.5 Å². The summed E-state index contributed by atoms with van der Waals surface area (Å²) < 4.78 is 1.31. The van der Waals surface area contributed by atoms with Gasteiger partial charge < -0.3 is 0 Å². The smallest absolute Gasteiger partial charge is 0.0307 e. The lowest BCUT2D eigenvalue weighted by Gasteiger charge is -2.59. The summed E-state index contributed by atoms with van der Waals surface area (Å²) in [7, 11) is 0. The van der Waals surface area contributed by atoms with Gasteiger partial charge in [-0.3, -0.25) is 11.3 Å². The Balaban J connectivity index is 1.56. The summed E-state index contributed by atoms with van der Waals surface area (Å²) in [6, 6.07) is 9.41. The molecule has 2 nitrogen and oxygen atoms in total. The van der Waals surface area contributed by atoms with Gasteiger partial charge in [0.25, 0.3) is 0 Å². The monoisotopic (exact) mass is 396 g/mol. The van der Waals surface area contributed by atoms with E-state index in [2.05, 4.69) is 52.3 Å². The van der Waals surface area contributed by atoms with Crippen LogP contribution >= 0.6 is 22.6 Å². The van der Waals surface area contributed by atoms with Gasteiger partial charge in [0, 0.05) is 9.61 Å². The normalized spacial score (nSPS) is 38.7. The molecule has 5 rings (SSSR count). The zero-order valence-electron chi connectivity index (χ0n) is 12.5. The van der Waals surface area contributed by atoms with E-state index in [1.165, 1.54) is 47.7 Å². The third-order valence-electron chi connectivity index (χ3n) is 6.38. The molecule has 4 fully saturated rings. The second kappa shape index (κ2) is 5.50. The van der Waals surface area contributed by atoms with Crippen LogP contribution in [0.25, 0.3) is 0 Å². The van der Waals surface area contributed by atoms with Crippen LogP contribution in [0.2, 0.25) is 0 Å². The van der Waals surface area contributed by atoms with Crippen LogP contribution in [0, 0.1) is 26.7 Å². The van der Waals surface area contributed by atoms with Gasteiger partial charge in [-0.15, -0.1) is 0 Å². The van der Waals surface area contributed by atoms with E-state index in [-0.39, 0.29) is 0 Å². The van der Waals surface area contributed by atoms with E-state index in [1.54, 1.807) is 0 Å². The number of benzene rings is 1. The van der Waals surface area contributed by atoms with Crippen LogP contribution in [0.5, 0.6) is 0 Å². The molecular weight excluding hydrogens is 371 g/mol. The predicted molar refractivity (Wildman–Crippen MR) is 94.6 cm³/mol. The van der Waals surface area contributed by atoms with E-state index in [1.807, 2.05) is 0 Å². The van der Waals surface area contributed by atoms with Crippen molar-refractivity contribution in [3.63, 3.8) is 0 Å². The SMILES string of the molecule is NNC(Cc1ccc(I)cc1)C12CC3CC(CC(C3)C1)C2. The van der Waals surface area contributed by atoms with Crippen LogP contribution in [0.15, 0.2) is 24.3 Å². The van der Waals surface area contributed by atoms with Crippen molar-refractivity contribution in [1.82, 2.24) is 5.43 Å². The zero-order valence-corrected chi connectivity index (χ0v) is 14.7. The summed E-state index contributed by atoms with van der Waals surface area (Å²) in [4.78, 5) is 0. The number of hydrazine groups is 1. The molecule has 0 aliphatic heterocycles. The van der Waals surface area contributed by atoms with Crippen LogP contribution in [0.1, 0.15) is 44.1 Å². The molecule has 114 valence electrons. The lowest BCUT2D eigenvalue weighted by Crippen LogP contribution is -2.58. The summed E-state index contributed by atoms with van der Waals surface area (Å²) in [5, 5.41) is 0. The van der Waals surface area contributed by atoms with Crippen molar-refractivity contribution in [2.24, 2.45) is 29.0 Å². The lowest BCUT2D eigenvalue weighted by atomic mass is 9.47. The summed E-state index contributed by atoms with van der Waals surface area (Å²) in [5.74, 6) is 8.99. The fourth-order valence-electron chi connectivity index (χ4n) is 5.91. The molecule has 0 spiro atoms. The standard InChI is InChI=1S/C18H25IN2/c19-16-3-1-12(2-4-16)8-17(21-20)18-9-13-5-14(10-18)7-15(6-13)11-18/h1-4,13-15,17,21H,5-11,20H2. The average Bonchev–Trinajstić information content (AvgIpc) is 2.45. The third-order valence-corrected chi connectivity index (χ3v) is 7.10. The van der Waals surface area contributed by atoms with Crippen molar-refractivity contribution in [3.8, 4) is 0 Å². The fourth-order valence-corrected chi connectivity index (χ4v) is 6.27. The Hall–Kier alpha value is -0.130. The minimum absolute atomic E-state index is 0.450. The number of nitrogens with two attached hydrogens (primary N) is 1. The number of hydrogen-bond donors (Lipinski definition) is 2. The Kier molecular flexibility index (Phi) is 3.79. The summed E-state index contributed by atoms with van der Waals surface area (Å²) in [6.07, 6.45) is 9.83. The van der Waals surface area contributed by atoms with Crippen LogP contribution in [-0.2, 0) is 6.42 Å². The molecule has 4 bridgehead atoms. The van der Waals surface area contributed by atoms with Crippen LogP contribution in [0.4, 0.5) is 0 Å². The Bertz CT molecular complexity index is 475. The molecule has 3 N–H and O–H groups in total. The Labute approximate surface area is 141 Å². The maximum absolute atomic E-state index is 6.02. The van der Waals surface area contributed by atoms with Gasteiger partial charge in [-0.25, -0.2) is 0 Å².